The molecule has 5 nitrogen and oxygen atoms in total. The summed E-state index contributed by atoms with van der Waals surface area (Å²) < 4.78 is 31.1. The summed E-state index contributed by atoms with van der Waals surface area (Å²) in [5, 5.41) is 11.6. The second-order valence-corrected chi connectivity index (χ2v) is 5.39. The fraction of sp³-hybridized carbons (Fsp3) is 0.467. The molecule has 0 aromatic heterocycles. The number of benzene rings is 1. The van der Waals surface area contributed by atoms with Crippen LogP contribution in [0.25, 0.3) is 0 Å². The van der Waals surface area contributed by atoms with Crippen LogP contribution in [0.3, 0.4) is 0 Å². The highest BCUT2D eigenvalue weighted by Crippen LogP contribution is 2.45. The number of nitrogens with one attached hydrogen (secondary N) is 1. The van der Waals surface area contributed by atoms with Gasteiger partial charge in [0.15, 0.2) is 11.6 Å². The maximum atomic E-state index is 13.3. The van der Waals surface area contributed by atoms with E-state index in [0.29, 0.717) is 19.3 Å². The normalized spacial score (nSPS) is 15.2. The molecule has 1 aromatic rings. The zero-order valence-corrected chi connectivity index (χ0v) is 11.9. The third-order valence-corrected chi connectivity index (χ3v) is 3.63. The van der Waals surface area contributed by atoms with E-state index in [9.17, 15) is 18.4 Å². The summed E-state index contributed by atoms with van der Waals surface area (Å²) in [5.41, 5.74) is -0.788. The lowest BCUT2D eigenvalue weighted by Crippen LogP contribution is -2.34. The van der Waals surface area contributed by atoms with Crippen LogP contribution in [0.4, 0.5) is 8.78 Å². The number of halogens is 2. The van der Waals surface area contributed by atoms with Crippen LogP contribution in [0.5, 0.6) is 5.75 Å². The van der Waals surface area contributed by atoms with Crippen LogP contribution in [0.15, 0.2) is 18.2 Å². The van der Waals surface area contributed by atoms with Crippen LogP contribution in [-0.4, -0.2) is 30.1 Å². The number of carbonyl (C=O) groups is 2. The number of amides is 1. The molecular weight excluding hydrogens is 296 g/mol. The number of carboxylic acids is 1. The molecule has 1 saturated carbocycles. The molecule has 0 heterocycles. The molecular formula is C15H17F2NO4. The minimum absolute atomic E-state index is 0.0652. The van der Waals surface area contributed by atoms with Gasteiger partial charge in [0.05, 0.1) is 12.0 Å². The number of rotatable bonds is 8. The lowest BCUT2D eigenvalue weighted by molar-refractivity contribution is -0.143. The van der Waals surface area contributed by atoms with Crippen molar-refractivity contribution >= 4 is 11.9 Å². The van der Waals surface area contributed by atoms with Gasteiger partial charge in [-0.3, -0.25) is 9.59 Å². The molecule has 1 amide bonds. The van der Waals surface area contributed by atoms with Gasteiger partial charge in [0.2, 0.25) is 5.91 Å². The maximum absolute atomic E-state index is 13.3. The Labute approximate surface area is 126 Å². The average Bonchev–Trinajstić information content (AvgIpc) is 3.24. The van der Waals surface area contributed by atoms with Crippen LogP contribution in [0.2, 0.25) is 0 Å². The van der Waals surface area contributed by atoms with Crippen LogP contribution in [0.1, 0.15) is 25.7 Å². The van der Waals surface area contributed by atoms with E-state index >= 15 is 0 Å². The fourth-order valence-corrected chi connectivity index (χ4v) is 1.98. The summed E-state index contributed by atoms with van der Waals surface area (Å²) >= 11 is 0. The Morgan fingerprint density at radius 1 is 1.32 bits per heavy atom. The highest BCUT2D eigenvalue weighted by molar-refractivity contribution is 5.80. The van der Waals surface area contributed by atoms with E-state index in [2.05, 4.69) is 5.32 Å². The Morgan fingerprint density at radius 3 is 2.64 bits per heavy atom. The first-order valence-corrected chi connectivity index (χ1v) is 7.01. The lowest BCUT2D eigenvalue weighted by atomic mass is 10.1. The molecule has 1 fully saturated rings. The fourth-order valence-electron chi connectivity index (χ4n) is 1.98. The van der Waals surface area contributed by atoms with Gasteiger partial charge < -0.3 is 15.2 Å². The molecule has 22 heavy (non-hydrogen) atoms. The second-order valence-electron chi connectivity index (χ2n) is 5.39. The number of hydrogen-bond donors (Lipinski definition) is 2. The zero-order chi connectivity index (χ0) is 16.2. The van der Waals surface area contributed by atoms with E-state index in [4.69, 9.17) is 9.84 Å². The van der Waals surface area contributed by atoms with Crippen LogP contribution in [-0.2, 0) is 9.59 Å². The average molecular weight is 313 g/mol. The minimum atomic E-state index is -0.886. The summed E-state index contributed by atoms with van der Waals surface area (Å²) in [5.74, 6) is -2.69. The molecule has 2 N–H and O–H groups in total. The zero-order valence-electron chi connectivity index (χ0n) is 11.9. The molecule has 0 atom stereocenters. The summed E-state index contributed by atoms with van der Waals surface area (Å²) in [6, 6.07) is 3.00. The first-order chi connectivity index (χ1) is 10.4. The summed E-state index contributed by atoms with van der Waals surface area (Å²) in [4.78, 5) is 22.5. The highest BCUT2D eigenvalue weighted by Gasteiger charge is 2.50. The van der Waals surface area contributed by atoms with Crippen LogP contribution in [0, 0.1) is 17.0 Å². The molecule has 120 valence electrons. The molecule has 0 radical (unpaired) electrons. The van der Waals surface area contributed by atoms with E-state index in [1.807, 2.05) is 0 Å². The predicted octanol–water partition coefficient (Wildman–Crippen LogP) is 2.10. The van der Waals surface area contributed by atoms with Gasteiger partial charge in [0.25, 0.3) is 0 Å². The van der Waals surface area contributed by atoms with Crippen LogP contribution < -0.4 is 10.1 Å². The minimum Gasteiger partial charge on any atom is -0.491 e. The number of hydrogen-bond acceptors (Lipinski definition) is 3. The van der Waals surface area contributed by atoms with Crippen molar-refractivity contribution in [2.75, 3.05) is 13.2 Å². The van der Waals surface area contributed by atoms with Crippen molar-refractivity contribution in [1.82, 2.24) is 5.32 Å². The van der Waals surface area contributed by atoms with Crippen molar-refractivity contribution in [3.63, 3.8) is 0 Å². The molecule has 7 heteroatoms. The van der Waals surface area contributed by atoms with Gasteiger partial charge >= 0.3 is 5.97 Å². The number of carbonyl (C=O) groups excluding carboxylic acids is 1. The molecule has 1 aliphatic rings. The largest absolute Gasteiger partial charge is 0.491 e. The molecule has 1 aliphatic carbocycles. The Morgan fingerprint density at radius 2 is 2.05 bits per heavy atom. The third kappa shape index (κ3) is 4.16. The van der Waals surface area contributed by atoms with Crippen molar-refractivity contribution in [2.24, 2.45) is 5.41 Å². The van der Waals surface area contributed by atoms with E-state index < -0.39 is 23.0 Å². The molecule has 0 bridgehead atoms. The van der Waals surface area contributed by atoms with Gasteiger partial charge in [0, 0.05) is 19.0 Å². The van der Waals surface area contributed by atoms with E-state index in [0.717, 1.165) is 12.1 Å². The SMILES string of the molecule is O=C(CCCOc1ccc(F)cc1F)NCC1(C(=O)O)CC1. The first kappa shape index (κ1) is 16.2. The third-order valence-electron chi connectivity index (χ3n) is 3.63. The monoisotopic (exact) mass is 313 g/mol. The lowest BCUT2D eigenvalue weighted by Gasteiger charge is -2.11. The second kappa shape index (κ2) is 6.72. The molecule has 2 rings (SSSR count). The maximum Gasteiger partial charge on any atom is 0.311 e. The number of carboxylic acid groups (broad SMARTS) is 1. The standard InChI is InChI=1S/C15H17F2NO4/c16-10-3-4-12(11(17)8-10)22-7-1-2-13(19)18-9-15(5-6-15)14(20)21/h3-4,8H,1-2,5-7,9H2,(H,18,19)(H,20,21). The summed E-state index contributed by atoms with van der Waals surface area (Å²) in [6.45, 7) is 0.245. The highest BCUT2D eigenvalue weighted by atomic mass is 19.1. The van der Waals surface area contributed by atoms with Crippen molar-refractivity contribution in [3.05, 3.63) is 29.8 Å². The topological polar surface area (TPSA) is 75.6 Å². The number of ether oxygens (including phenoxy) is 1. The van der Waals surface area contributed by atoms with E-state index in [1.165, 1.54) is 6.07 Å². The van der Waals surface area contributed by atoms with Crippen molar-refractivity contribution in [1.29, 1.82) is 0 Å². The van der Waals surface area contributed by atoms with E-state index in [1.54, 1.807) is 0 Å². The molecule has 0 unspecified atom stereocenters. The Kier molecular flexibility index (Phi) is 4.95. The van der Waals surface area contributed by atoms with Crippen LogP contribution >= 0.6 is 0 Å². The van der Waals surface area contributed by atoms with Gasteiger partial charge in [-0.25, -0.2) is 8.78 Å². The van der Waals surface area contributed by atoms with Crippen molar-refractivity contribution in [3.8, 4) is 5.75 Å². The van der Waals surface area contributed by atoms with Gasteiger partial charge in [-0.15, -0.1) is 0 Å². The molecule has 0 spiro atoms. The summed E-state index contributed by atoms with van der Waals surface area (Å²) in [6.07, 6.45) is 1.66. The smallest absolute Gasteiger partial charge is 0.311 e. The Bertz CT molecular complexity index is 573. The van der Waals surface area contributed by atoms with E-state index in [-0.39, 0.29) is 31.2 Å². The van der Waals surface area contributed by atoms with Crippen molar-refractivity contribution < 1.29 is 28.2 Å². The Balaban J connectivity index is 1.64. The number of aliphatic carboxylic acids is 1. The molecule has 0 saturated heterocycles. The predicted molar refractivity (Wildman–Crippen MR) is 73.4 cm³/mol. The van der Waals surface area contributed by atoms with Gasteiger partial charge in [-0.05, 0) is 31.4 Å². The van der Waals surface area contributed by atoms with Gasteiger partial charge in [-0.2, -0.15) is 0 Å². The molecule has 0 aliphatic heterocycles. The first-order valence-electron chi connectivity index (χ1n) is 7.01. The van der Waals surface area contributed by atoms with Gasteiger partial charge in [0.1, 0.15) is 5.82 Å². The Hall–Kier alpha value is -2.18. The van der Waals surface area contributed by atoms with Gasteiger partial charge in [-0.1, -0.05) is 0 Å². The van der Waals surface area contributed by atoms with Crippen molar-refractivity contribution in [2.45, 2.75) is 25.7 Å². The quantitative estimate of drug-likeness (QED) is 0.721. The molecule has 1 aromatic carbocycles. The summed E-state index contributed by atoms with van der Waals surface area (Å²) in [7, 11) is 0.